The molecule has 1 unspecified atom stereocenters. The molecule has 1 N–H and O–H groups in total. The molecular formula is C15H16N2O. The minimum Gasteiger partial charge on any atom is -0.488 e. The third kappa shape index (κ3) is 2.30. The Bertz CT molecular complexity index is 511. The lowest BCUT2D eigenvalue weighted by atomic mass is 10.1. The Morgan fingerprint density at radius 3 is 2.94 bits per heavy atom. The molecular weight excluding hydrogens is 224 g/mol. The molecule has 18 heavy (non-hydrogen) atoms. The monoisotopic (exact) mass is 240 g/mol. The normalized spacial score (nSPS) is 17.1. The predicted molar refractivity (Wildman–Crippen MR) is 72.0 cm³/mol. The van der Waals surface area contributed by atoms with Crippen molar-refractivity contribution in [1.29, 1.82) is 0 Å². The van der Waals surface area contributed by atoms with Crippen LogP contribution in [0, 0.1) is 6.92 Å². The summed E-state index contributed by atoms with van der Waals surface area (Å²) < 4.78 is 5.86. The largest absolute Gasteiger partial charge is 0.488 e. The summed E-state index contributed by atoms with van der Waals surface area (Å²) in [6.45, 7) is 2.82. The summed E-state index contributed by atoms with van der Waals surface area (Å²) in [5.74, 6) is 1.92. The highest BCUT2D eigenvalue weighted by Crippen LogP contribution is 2.28. The second-order valence-electron chi connectivity index (χ2n) is 4.65. The van der Waals surface area contributed by atoms with Gasteiger partial charge in [0.25, 0.3) is 0 Å². The van der Waals surface area contributed by atoms with Gasteiger partial charge in [-0.05, 0) is 30.2 Å². The van der Waals surface area contributed by atoms with Crippen LogP contribution in [0.5, 0.6) is 5.75 Å². The quantitative estimate of drug-likeness (QED) is 0.895. The maximum atomic E-state index is 5.86. The van der Waals surface area contributed by atoms with Crippen molar-refractivity contribution in [2.75, 3.05) is 11.9 Å². The van der Waals surface area contributed by atoms with Crippen LogP contribution in [0.3, 0.4) is 0 Å². The van der Waals surface area contributed by atoms with Gasteiger partial charge in [0, 0.05) is 12.6 Å². The van der Waals surface area contributed by atoms with E-state index >= 15 is 0 Å². The van der Waals surface area contributed by atoms with Crippen molar-refractivity contribution < 1.29 is 4.74 Å². The third-order valence-electron chi connectivity index (χ3n) is 3.14. The van der Waals surface area contributed by atoms with E-state index in [0.717, 1.165) is 24.5 Å². The fourth-order valence-electron chi connectivity index (χ4n) is 2.16. The molecule has 1 aliphatic heterocycles. The molecule has 0 saturated carbocycles. The molecule has 0 radical (unpaired) electrons. The number of aromatic nitrogens is 1. The van der Waals surface area contributed by atoms with E-state index in [0.29, 0.717) is 0 Å². The van der Waals surface area contributed by atoms with Crippen molar-refractivity contribution in [2.24, 2.45) is 0 Å². The summed E-state index contributed by atoms with van der Waals surface area (Å²) in [5.41, 5.74) is 2.46. The van der Waals surface area contributed by atoms with Crippen molar-refractivity contribution in [3.8, 4) is 5.75 Å². The van der Waals surface area contributed by atoms with E-state index in [9.17, 15) is 0 Å². The van der Waals surface area contributed by atoms with Crippen LogP contribution >= 0.6 is 0 Å². The summed E-state index contributed by atoms with van der Waals surface area (Å²) in [4.78, 5) is 4.32. The molecule has 0 bridgehead atoms. The lowest BCUT2D eigenvalue weighted by molar-refractivity contribution is 0.246. The van der Waals surface area contributed by atoms with Crippen LogP contribution in [-0.4, -0.2) is 17.6 Å². The van der Waals surface area contributed by atoms with Crippen LogP contribution in [0.25, 0.3) is 0 Å². The molecule has 0 aliphatic carbocycles. The van der Waals surface area contributed by atoms with E-state index in [1.165, 1.54) is 11.1 Å². The summed E-state index contributed by atoms with van der Waals surface area (Å²) in [7, 11) is 0. The van der Waals surface area contributed by atoms with Gasteiger partial charge in [-0.2, -0.15) is 0 Å². The number of pyridine rings is 1. The first kappa shape index (κ1) is 11.1. The van der Waals surface area contributed by atoms with E-state index in [1.54, 1.807) is 0 Å². The zero-order chi connectivity index (χ0) is 12.4. The lowest BCUT2D eigenvalue weighted by Gasteiger charge is -2.12. The van der Waals surface area contributed by atoms with E-state index in [4.69, 9.17) is 4.74 Å². The number of hydrogen-bond acceptors (Lipinski definition) is 3. The first-order valence-electron chi connectivity index (χ1n) is 6.22. The van der Waals surface area contributed by atoms with Crippen LogP contribution in [-0.2, 0) is 6.42 Å². The SMILES string of the molecule is Cc1ccc(NCC2Cc3ccccc3O2)nc1. The Morgan fingerprint density at radius 1 is 1.28 bits per heavy atom. The Hall–Kier alpha value is -2.03. The number of aryl methyl sites for hydroxylation is 1. The smallest absolute Gasteiger partial charge is 0.126 e. The summed E-state index contributed by atoms with van der Waals surface area (Å²) in [5, 5.41) is 3.31. The molecule has 0 saturated heterocycles. The molecule has 1 aromatic carbocycles. The molecule has 3 heteroatoms. The molecule has 3 rings (SSSR count). The Labute approximate surface area is 107 Å². The molecule has 92 valence electrons. The van der Waals surface area contributed by atoms with Gasteiger partial charge in [0.1, 0.15) is 17.7 Å². The summed E-state index contributed by atoms with van der Waals surface area (Å²) >= 11 is 0. The molecule has 0 fully saturated rings. The zero-order valence-electron chi connectivity index (χ0n) is 10.4. The van der Waals surface area contributed by atoms with Crippen molar-refractivity contribution in [3.63, 3.8) is 0 Å². The van der Waals surface area contributed by atoms with Gasteiger partial charge < -0.3 is 10.1 Å². The lowest BCUT2D eigenvalue weighted by Crippen LogP contribution is -2.24. The number of anilines is 1. The van der Waals surface area contributed by atoms with E-state index < -0.39 is 0 Å². The van der Waals surface area contributed by atoms with Gasteiger partial charge in [-0.15, -0.1) is 0 Å². The zero-order valence-corrected chi connectivity index (χ0v) is 10.4. The van der Waals surface area contributed by atoms with Gasteiger partial charge in [-0.25, -0.2) is 4.98 Å². The Kier molecular flexibility index (Phi) is 2.89. The highest BCUT2D eigenvalue weighted by molar-refractivity contribution is 5.39. The van der Waals surface area contributed by atoms with Crippen molar-refractivity contribution in [3.05, 3.63) is 53.7 Å². The molecule has 0 spiro atoms. The number of benzene rings is 1. The number of fused-ring (bicyclic) bond motifs is 1. The molecule has 1 aliphatic rings. The molecule has 1 aromatic heterocycles. The number of nitrogens with zero attached hydrogens (tertiary/aromatic N) is 1. The number of rotatable bonds is 3. The first-order valence-corrected chi connectivity index (χ1v) is 6.22. The number of hydrogen-bond donors (Lipinski definition) is 1. The minimum absolute atomic E-state index is 0.200. The Morgan fingerprint density at radius 2 is 2.17 bits per heavy atom. The van der Waals surface area contributed by atoms with Crippen LogP contribution in [0.1, 0.15) is 11.1 Å². The molecule has 2 aromatic rings. The minimum atomic E-state index is 0.200. The molecule has 2 heterocycles. The van der Waals surface area contributed by atoms with Crippen molar-refractivity contribution >= 4 is 5.82 Å². The van der Waals surface area contributed by atoms with Crippen LogP contribution in [0.2, 0.25) is 0 Å². The third-order valence-corrected chi connectivity index (χ3v) is 3.14. The van der Waals surface area contributed by atoms with Gasteiger partial charge in [-0.3, -0.25) is 0 Å². The fourth-order valence-corrected chi connectivity index (χ4v) is 2.16. The van der Waals surface area contributed by atoms with Crippen molar-refractivity contribution in [2.45, 2.75) is 19.4 Å². The van der Waals surface area contributed by atoms with Crippen molar-refractivity contribution in [1.82, 2.24) is 4.98 Å². The predicted octanol–water partition coefficient (Wildman–Crippen LogP) is 2.81. The highest BCUT2D eigenvalue weighted by atomic mass is 16.5. The van der Waals surface area contributed by atoms with Gasteiger partial charge in [0.15, 0.2) is 0 Å². The van der Waals surface area contributed by atoms with E-state index in [1.807, 2.05) is 31.3 Å². The fraction of sp³-hybridized carbons (Fsp3) is 0.267. The number of nitrogens with one attached hydrogen (secondary N) is 1. The second kappa shape index (κ2) is 4.69. The van der Waals surface area contributed by atoms with Gasteiger partial charge in [-0.1, -0.05) is 24.3 Å². The molecule has 1 atom stereocenters. The second-order valence-corrected chi connectivity index (χ2v) is 4.65. The molecule has 3 nitrogen and oxygen atoms in total. The first-order chi connectivity index (χ1) is 8.81. The van der Waals surface area contributed by atoms with E-state index in [2.05, 4.69) is 28.5 Å². The number of ether oxygens (including phenoxy) is 1. The topological polar surface area (TPSA) is 34.1 Å². The van der Waals surface area contributed by atoms with Gasteiger partial charge in [0.05, 0.1) is 6.54 Å². The standard InChI is InChI=1S/C15H16N2O/c1-11-6-7-15(16-9-11)17-10-13-8-12-4-2-3-5-14(12)18-13/h2-7,9,13H,8,10H2,1H3,(H,16,17). The Balaban J connectivity index is 1.58. The van der Waals surface area contributed by atoms with Crippen LogP contribution in [0.4, 0.5) is 5.82 Å². The average molecular weight is 240 g/mol. The van der Waals surface area contributed by atoms with Crippen LogP contribution in [0.15, 0.2) is 42.6 Å². The maximum absolute atomic E-state index is 5.86. The number of para-hydroxylation sites is 1. The average Bonchev–Trinajstić information content (AvgIpc) is 2.81. The molecule has 0 amide bonds. The summed E-state index contributed by atoms with van der Waals surface area (Å²) in [6.07, 6.45) is 3.03. The summed E-state index contributed by atoms with van der Waals surface area (Å²) in [6, 6.07) is 12.3. The maximum Gasteiger partial charge on any atom is 0.126 e. The highest BCUT2D eigenvalue weighted by Gasteiger charge is 2.21. The van der Waals surface area contributed by atoms with Gasteiger partial charge in [0.2, 0.25) is 0 Å². The van der Waals surface area contributed by atoms with E-state index in [-0.39, 0.29) is 6.10 Å². The van der Waals surface area contributed by atoms with Crippen LogP contribution < -0.4 is 10.1 Å². The van der Waals surface area contributed by atoms with Gasteiger partial charge >= 0.3 is 0 Å².